The van der Waals surface area contributed by atoms with Crippen molar-refractivity contribution in [2.75, 3.05) is 18.0 Å². The van der Waals surface area contributed by atoms with E-state index in [1.165, 1.54) is 0 Å². The maximum atomic E-state index is 11.3. The fourth-order valence-electron chi connectivity index (χ4n) is 4.35. The lowest BCUT2D eigenvalue weighted by Gasteiger charge is -2.33. The molecule has 2 aromatic heterocycles. The van der Waals surface area contributed by atoms with Crippen molar-refractivity contribution in [3.8, 4) is 5.75 Å². The number of piperidine rings is 1. The van der Waals surface area contributed by atoms with Crippen LogP contribution in [0.3, 0.4) is 0 Å². The molecule has 31 heavy (non-hydrogen) atoms. The van der Waals surface area contributed by atoms with Crippen molar-refractivity contribution in [1.82, 2.24) is 14.5 Å². The monoisotopic (exact) mass is 415 g/mol. The van der Waals surface area contributed by atoms with Crippen molar-refractivity contribution in [2.45, 2.75) is 32.4 Å². The van der Waals surface area contributed by atoms with Crippen LogP contribution in [0.2, 0.25) is 0 Å². The molecule has 0 aliphatic carbocycles. The predicted octanol–water partition coefficient (Wildman–Crippen LogP) is 3.43. The largest absolute Gasteiger partial charge is 0.490 e. The van der Waals surface area contributed by atoms with Gasteiger partial charge >= 0.3 is 0 Å². The van der Waals surface area contributed by atoms with E-state index in [2.05, 4.69) is 4.90 Å². The van der Waals surface area contributed by atoms with Crippen LogP contribution in [0.15, 0.2) is 54.7 Å². The number of nitrogens with zero attached hydrogens (tertiary/aromatic N) is 4. The summed E-state index contributed by atoms with van der Waals surface area (Å²) >= 11 is 0. The van der Waals surface area contributed by atoms with Gasteiger partial charge in [0.1, 0.15) is 18.4 Å². The van der Waals surface area contributed by atoms with Crippen LogP contribution in [-0.2, 0) is 11.3 Å². The Balaban J connectivity index is 1.30. The number of primary amides is 1. The number of amides is 1. The van der Waals surface area contributed by atoms with Gasteiger partial charge in [-0.25, -0.2) is 9.97 Å². The Hall–Kier alpha value is -3.61. The van der Waals surface area contributed by atoms with E-state index < -0.39 is 0 Å². The van der Waals surface area contributed by atoms with Crippen molar-refractivity contribution in [1.29, 1.82) is 0 Å². The molecule has 1 aliphatic rings. The van der Waals surface area contributed by atoms with E-state index >= 15 is 0 Å². The maximum Gasteiger partial charge on any atom is 0.237 e. The van der Waals surface area contributed by atoms with Crippen LogP contribution >= 0.6 is 0 Å². The normalized spacial score (nSPS) is 14.9. The van der Waals surface area contributed by atoms with E-state index in [0.717, 1.165) is 65.1 Å². The molecule has 1 fully saturated rings. The van der Waals surface area contributed by atoms with Crippen molar-refractivity contribution in [2.24, 2.45) is 5.73 Å². The minimum atomic E-state index is -0.358. The average molecular weight is 415 g/mol. The number of anilines is 1. The Morgan fingerprint density at radius 2 is 1.81 bits per heavy atom. The summed E-state index contributed by atoms with van der Waals surface area (Å²) in [7, 11) is 0. The van der Waals surface area contributed by atoms with Gasteiger partial charge in [0.25, 0.3) is 0 Å². The predicted molar refractivity (Wildman–Crippen MR) is 121 cm³/mol. The minimum Gasteiger partial charge on any atom is -0.490 e. The van der Waals surface area contributed by atoms with E-state index in [1.54, 1.807) is 0 Å². The quantitative estimate of drug-likeness (QED) is 0.540. The van der Waals surface area contributed by atoms with Gasteiger partial charge in [0.05, 0.1) is 22.2 Å². The number of aromatic nitrogens is 3. The van der Waals surface area contributed by atoms with Gasteiger partial charge in [-0.3, -0.25) is 4.79 Å². The topological polar surface area (TPSA) is 86.3 Å². The van der Waals surface area contributed by atoms with Crippen LogP contribution in [0.4, 0.5) is 5.82 Å². The van der Waals surface area contributed by atoms with Crippen LogP contribution in [0.5, 0.6) is 5.75 Å². The molecule has 7 heteroatoms. The van der Waals surface area contributed by atoms with E-state index in [0.29, 0.717) is 0 Å². The molecule has 3 heterocycles. The van der Waals surface area contributed by atoms with Crippen LogP contribution in [-0.4, -0.2) is 39.6 Å². The summed E-state index contributed by atoms with van der Waals surface area (Å²) in [5.41, 5.74) is 9.12. The first-order valence-electron chi connectivity index (χ1n) is 10.6. The van der Waals surface area contributed by atoms with E-state index in [4.69, 9.17) is 20.4 Å². The second-order valence-corrected chi connectivity index (χ2v) is 8.02. The summed E-state index contributed by atoms with van der Waals surface area (Å²) in [6.45, 7) is 3.93. The molecule has 1 amide bonds. The van der Waals surface area contributed by atoms with E-state index in [9.17, 15) is 4.79 Å². The Morgan fingerprint density at radius 1 is 1.06 bits per heavy atom. The third-order valence-corrected chi connectivity index (χ3v) is 5.85. The molecular weight excluding hydrogens is 390 g/mol. The Kier molecular flexibility index (Phi) is 4.94. The number of carbonyl (C=O) groups is 1. The summed E-state index contributed by atoms with van der Waals surface area (Å²) in [5, 5.41) is 1.00. The van der Waals surface area contributed by atoms with Crippen LogP contribution in [0.25, 0.3) is 21.9 Å². The highest BCUT2D eigenvalue weighted by molar-refractivity contribution is 5.88. The average Bonchev–Trinajstić information content (AvgIpc) is 3.17. The number of benzene rings is 2. The fraction of sp³-hybridized carbons (Fsp3) is 0.292. The third kappa shape index (κ3) is 3.79. The first kappa shape index (κ1) is 19.4. The van der Waals surface area contributed by atoms with E-state index in [1.807, 2.05) is 66.2 Å². The summed E-state index contributed by atoms with van der Waals surface area (Å²) in [6.07, 6.45) is 3.83. The number of carbonyl (C=O) groups excluding carboxylic acids is 1. The Morgan fingerprint density at radius 3 is 2.55 bits per heavy atom. The molecule has 0 radical (unpaired) electrons. The second-order valence-electron chi connectivity index (χ2n) is 8.02. The molecule has 2 aromatic carbocycles. The first-order valence-corrected chi connectivity index (χ1v) is 10.6. The van der Waals surface area contributed by atoms with Gasteiger partial charge in [0.2, 0.25) is 5.91 Å². The SMILES string of the molecule is Cc1nc2ccccc2nc1N1CCC(Oc2cccc3c2ccn3CC(N)=O)CC1. The lowest BCUT2D eigenvalue weighted by molar-refractivity contribution is -0.118. The lowest BCUT2D eigenvalue weighted by atomic mass is 10.1. The number of hydrogen-bond acceptors (Lipinski definition) is 5. The molecule has 4 aromatic rings. The number of hydrogen-bond donors (Lipinski definition) is 1. The molecule has 0 saturated carbocycles. The van der Waals surface area contributed by atoms with Crippen molar-refractivity contribution >= 4 is 33.7 Å². The van der Waals surface area contributed by atoms with Gasteiger partial charge < -0.3 is 19.9 Å². The zero-order valence-electron chi connectivity index (χ0n) is 17.5. The molecular formula is C24H25N5O2. The number of fused-ring (bicyclic) bond motifs is 2. The molecule has 158 valence electrons. The number of aryl methyl sites for hydroxylation is 1. The van der Waals surface area contributed by atoms with Crippen LogP contribution in [0.1, 0.15) is 18.5 Å². The molecule has 1 aliphatic heterocycles. The highest BCUT2D eigenvalue weighted by Crippen LogP contribution is 2.30. The third-order valence-electron chi connectivity index (χ3n) is 5.85. The standard InChI is InChI=1S/C24H25N5O2/c1-16-24(27-20-6-3-2-5-19(20)26-16)28-12-9-17(10-13-28)31-22-8-4-7-21-18(22)11-14-29(21)15-23(25)30/h2-8,11,14,17H,9-10,12-13,15H2,1H3,(H2,25,30). The molecule has 7 nitrogen and oxygen atoms in total. The van der Waals surface area contributed by atoms with Crippen molar-refractivity contribution in [3.63, 3.8) is 0 Å². The summed E-state index contributed by atoms with van der Waals surface area (Å²) in [6, 6.07) is 15.9. The minimum absolute atomic E-state index is 0.134. The van der Waals surface area contributed by atoms with E-state index in [-0.39, 0.29) is 18.6 Å². The van der Waals surface area contributed by atoms with Crippen molar-refractivity contribution in [3.05, 3.63) is 60.4 Å². The summed E-state index contributed by atoms with van der Waals surface area (Å²) < 4.78 is 8.23. The molecule has 0 unspecified atom stereocenters. The molecule has 5 rings (SSSR count). The van der Waals surface area contributed by atoms with Crippen LogP contribution in [0, 0.1) is 6.92 Å². The number of nitrogens with two attached hydrogens (primary N) is 1. The highest BCUT2D eigenvalue weighted by atomic mass is 16.5. The Labute approximate surface area is 180 Å². The van der Waals surface area contributed by atoms with Crippen LogP contribution < -0.4 is 15.4 Å². The number of para-hydroxylation sites is 2. The van der Waals surface area contributed by atoms with Gasteiger partial charge in [0.15, 0.2) is 5.82 Å². The Bertz CT molecular complexity index is 1260. The maximum absolute atomic E-state index is 11.3. The summed E-state index contributed by atoms with van der Waals surface area (Å²) in [5.74, 6) is 1.45. The smallest absolute Gasteiger partial charge is 0.237 e. The van der Waals surface area contributed by atoms with Gasteiger partial charge in [-0.15, -0.1) is 0 Å². The first-order chi connectivity index (χ1) is 15.1. The molecule has 2 N–H and O–H groups in total. The van der Waals surface area contributed by atoms with Crippen molar-refractivity contribution < 1.29 is 9.53 Å². The molecule has 0 atom stereocenters. The molecule has 1 saturated heterocycles. The summed E-state index contributed by atoms with van der Waals surface area (Å²) in [4.78, 5) is 23.2. The highest BCUT2D eigenvalue weighted by Gasteiger charge is 2.24. The zero-order valence-corrected chi connectivity index (χ0v) is 17.5. The van der Waals surface area contributed by atoms with Gasteiger partial charge in [-0.2, -0.15) is 0 Å². The van der Waals surface area contributed by atoms with Gasteiger partial charge in [0, 0.05) is 37.5 Å². The molecule has 0 spiro atoms. The fourth-order valence-corrected chi connectivity index (χ4v) is 4.35. The zero-order chi connectivity index (χ0) is 21.4. The van der Waals surface area contributed by atoms with Gasteiger partial charge in [-0.05, 0) is 37.3 Å². The van der Waals surface area contributed by atoms with Gasteiger partial charge in [-0.1, -0.05) is 18.2 Å². The second kappa shape index (κ2) is 7.91. The number of rotatable bonds is 5. The number of ether oxygens (including phenoxy) is 1. The molecule has 0 bridgehead atoms. The lowest BCUT2D eigenvalue weighted by Crippen LogP contribution is -2.39.